The van der Waals surface area contributed by atoms with E-state index in [0.29, 0.717) is 17.7 Å². The molecule has 0 radical (unpaired) electrons. The highest BCUT2D eigenvalue weighted by molar-refractivity contribution is 5.46. The van der Waals surface area contributed by atoms with Crippen molar-refractivity contribution in [3.05, 3.63) is 23.5 Å². The van der Waals surface area contributed by atoms with Gasteiger partial charge in [-0.2, -0.15) is 0 Å². The van der Waals surface area contributed by atoms with Gasteiger partial charge < -0.3 is 15.2 Å². The number of fused-ring (bicyclic) bond motifs is 1. The van der Waals surface area contributed by atoms with Gasteiger partial charge in [0.2, 0.25) is 12.5 Å². The van der Waals surface area contributed by atoms with Crippen molar-refractivity contribution in [3.8, 4) is 11.5 Å². The summed E-state index contributed by atoms with van der Waals surface area (Å²) >= 11 is 0. The van der Waals surface area contributed by atoms with Crippen molar-refractivity contribution in [1.82, 2.24) is 0 Å². The van der Waals surface area contributed by atoms with Crippen molar-refractivity contribution in [1.29, 1.82) is 0 Å². The number of hydrogen-bond acceptors (Lipinski definition) is 3. The molecule has 0 saturated heterocycles. The zero-order valence-electron chi connectivity index (χ0n) is 8.84. The van der Waals surface area contributed by atoms with Crippen molar-refractivity contribution >= 4 is 0 Å². The van der Waals surface area contributed by atoms with Crippen LogP contribution in [0.5, 0.6) is 11.5 Å². The topological polar surface area (TPSA) is 44.5 Å². The molecule has 0 unspecified atom stereocenters. The average Bonchev–Trinajstić information content (AvgIpc) is 2.56. The Labute approximate surface area is 88.0 Å². The lowest BCUT2D eigenvalue weighted by Gasteiger charge is -2.18. The second-order valence-corrected chi connectivity index (χ2v) is 4.44. The predicted molar refractivity (Wildman–Crippen MR) is 54.5 cm³/mol. The highest BCUT2D eigenvalue weighted by Crippen LogP contribution is 2.36. The lowest BCUT2D eigenvalue weighted by molar-refractivity contribution is 0.170. The maximum Gasteiger partial charge on any atom is 0.231 e. The maximum absolute atomic E-state index is 13.8. The van der Waals surface area contributed by atoms with Gasteiger partial charge in [0.25, 0.3) is 0 Å². The van der Waals surface area contributed by atoms with Crippen LogP contribution in [-0.4, -0.2) is 12.3 Å². The summed E-state index contributed by atoms with van der Waals surface area (Å²) in [5.41, 5.74) is 5.97. The van der Waals surface area contributed by atoms with Crippen LogP contribution in [0.3, 0.4) is 0 Å². The van der Waals surface area contributed by atoms with Crippen molar-refractivity contribution in [3.63, 3.8) is 0 Å². The molecule has 0 bridgehead atoms. The molecule has 2 N–H and O–H groups in total. The van der Waals surface area contributed by atoms with Gasteiger partial charge in [0.15, 0.2) is 11.6 Å². The first-order valence-corrected chi connectivity index (χ1v) is 4.83. The molecular weight excluding hydrogens is 197 g/mol. The van der Waals surface area contributed by atoms with Crippen LogP contribution in [0.25, 0.3) is 0 Å². The Kier molecular flexibility index (Phi) is 2.31. The summed E-state index contributed by atoms with van der Waals surface area (Å²) in [6, 6.07) is 3.41. The van der Waals surface area contributed by atoms with Gasteiger partial charge in [-0.05, 0) is 31.9 Å². The molecule has 82 valence electrons. The third-order valence-corrected chi connectivity index (χ3v) is 2.20. The molecule has 3 nitrogen and oxygen atoms in total. The number of benzene rings is 1. The molecule has 0 amide bonds. The second kappa shape index (κ2) is 3.38. The molecule has 0 spiro atoms. The lowest BCUT2D eigenvalue weighted by Crippen LogP contribution is -2.34. The number of halogens is 1. The fourth-order valence-corrected chi connectivity index (χ4v) is 1.61. The summed E-state index contributed by atoms with van der Waals surface area (Å²) in [6.45, 7) is 3.80. The molecule has 4 heteroatoms. The van der Waals surface area contributed by atoms with E-state index in [-0.39, 0.29) is 18.4 Å². The first-order valence-electron chi connectivity index (χ1n) is 4.83. The van der Waals surface area contributed by atoms with Crippen LogP contribution in [0.2, 0.25) is 0 Å². The maximum atomic E-state index is 13.8. The van der Waals surface area contributed by atoms with E-state index in [1.54, 1.807) is 12.1 Å². The summed E-state index contributed by atoms with van der Waals surface area (Å²) in [5.74, 6) is 0.311. The van der Waals surface area contributed by atoms with Crippen LogP contribution in [0, 0.1) is 5.82 Å². The Morgan fingerprint density at radius 1 is 1.40 bits per heavy atom. The van der Waals surface area contributed by atoms with E-state index in [9.17, 15) is 4.39 Å². The largest absolute Gasteiger partial charge is 0.453 e. The molecule has 15 heavy (non-hydrogen) atoms. The summed E-state index contributed by atoms with van der Waals surface area (Å²) < 4.78 is 24.0. The van der Waals surface area contributed by atoms with Crippen molar-refractivity contribution in [2.75, 3.05) is 6.79 Å². The first-order chi connectivity index (χ1) is 6.97. The number of ether oxygens (including phenoxy) is 2. The van der Waals surface area contributed by atoms with Crippen LogP contribution < -0.4 is 15.2 Å². The van der Waals surface area contributed by atoms with E-state index in [4.69, 9.17) is 15.2 Å². The standard InChI is InChI=1S/C11H14FNO2/c1-11(2,13)5-7-3-4-8-10(9(7)12)15-6-14-8/h3-4H,5-6,13H2,1-2H3. The third-order valence-electron chi connectivity index (χ3n) is 2.20. The number of rotatable bonds is 2. The molecule has 0 fully saturated rings. The minimum atomic E-state index is -0.436. The fraction of sp³-hybridized carbons (Fsp3) is 0.455. The average molecular weight is 211 g/mol. The van der Waals surface area contributed by atoms with E-state index >= 15 is 0 Å². The quantitative estimate of drug-likeness (QED) is 0.811. The molecule has 1 aliphatic rings. The minimum Gasteiger partial charge on any atom is -0.453 e. The monoisotopic (exact) mass is 211 g/mol. The Morgan fingerprint density at radius 3 is 2.80 bits per heavy atom. The Hall–Kier alpha value is -1.29. The van der Waals surface area contributed by atoms with Crippen molar-refractivity contribution in [2.24, 2.45) is 5.73 Å². The van der Waals surface area contributed by atoms with E-state index in [1.165, 1.54) is 0 Å². The van der Waals surface area contributed by atoms with Gasteiger partial charge in [0.05, 0.1) is 0 Å². The fourth-order valence-electron chi connectivity index (χ4n) is 1.61. The Morgan fingerprint density at radius 2 is 2.13 bits per heavy atom. The summed E-state index contributed by atoms with van der Waals surface area (Å²) in [7, 11) is 0. The summed E-state index contributed by atoms with van der Waals surface area (Å²) in [4.78, 5) is 0. The van der Waals surface area contributed by atoms with Crippen LogP contribution in [-0.2, 0) is 6.42 Å². The number of hydrogen-bond donors (Lipinski definition) is 1. The number of nitrogens with two attached hydrogens (primary N) is 1. The van der Waals surface area contributed by atoms with E-state index in [1.807, 2.05) is 13.8 Å². The van der Waals surface area contributed by atoms with E-state index in [0.717, 1.165) is 0 Å². The van der Waals surface area contributed by atoms with Gasteiger partial charge in [0, 0.05) is 5.54 Å². The van der Waals surface area contributed by atoms with E-state index in [2.05, 4.69) is 0 Å². The Balaban J connectivity index is 2.34. The minimum absolute atomic E-state index is 0.0850. The van der Waals surface area contributed by atoms with Gasteiger partial charge in [-0.1, -0.05) is 6.07 Å². The molecule has 1 aliphatic heterocycles. The molecule has 1 aromatic carbocycles. The summed E-state index contributed by atoms with van der Waals surface area (Å²) in [6.07, 6.45) is 0.468. The third kappa shape index (κ3) is 2.04. The highest BCUT2D eigenvalue weighted by atomic mass is 19.1. The molecule has 0 aromatic heterocycles. The lowest BCUT2D eigenvalue weighted by atomic mass is 9.95. The zero-order chi connectivity index (χ0) is 11.1. The highest BCUT2D eigenvalue weighted by Gasteiger charge is 2.23. The van der Waals surface area contributed by atoms with Crippen LogP contribution >= 0.6 is 0 Å². The molecule has 1 aromatic rings. The van der Waals surface area contributed by atoms with Crippen molar-refractivity contribution in [2.45, 2.75) is 25.8 Å². The Bertz CT molecular complexity index is 385. The van der Waals surface area contributed by atoms with Crippen LogP contribution in [0.4, 0.5) is 4.39 Å². The van der Waals surface area contributed by atoms with Crippen LogP contribution in [0.15, 0.2) is 12.1 Å². The van der Waals surface area contributed by atoms with Gasteiger partial charge in [-0.3, -0.25) is 0 Å². The zero-order valence-corrected chi connectivity index (χ0v) is 8.84. The molecular formula is C11H14FNO2. The van der Waals surface area contributed by atoms with Crippen LogP contribution in [0.1, 0.15) is 19.4 Å². The van der Waals surface area contributed by atoms with Gasteiger partial charge >= 0.3 is 0 Å². The molecule has 0 atom stereocenters. The van der Waals surface area contributed by atoms with Crippen molar-refractivity contribution < 1.29 is 13.9 Å². The predicted octanol–water partition coefficient (Wildman–Crippen LogP) is 1.83. The SMILES string of the molecule is CC(C)(N)Cc1ccc2c(c1F)OCO2. The molecule has 1 heterocycles. The molecule has 2 rings (SSSR count). The van der Waals surface area contributed by atoms with E-state index < -0.39 is 5.54 Å². The van der Waals surface area contributed by atoms with Gasteiger partial charge in [-0.15, -0.1) is 0 Å². The second-order valence-electron chi connectivity index (χ2n) is 4.44. The smallest absolute Gasteiger partial charge is 0.231 e. The first kappa shape index (κ1) is 10.2. The summed E-state index contributed by atoms with van der Waals surface area (Å²) in [5, 5.41) is 0. The molecule has 0 aliphatic carbocycles. The van der Waals surface area contributed by atoms with Gasteiger partial charge in [-0.25, -0.2) is 4.39 Å². The van der Waals surface area contributed by atoms with Gasteiger partial charge in [0.1, 0.15) is 0 Å². The normalized spacial score (nSPS) is 14.4. The molecule has 0 saturated carbocycles.